The minimum Gasteiger partial charge on any atom is -0.454 e. The normalized spacial score (nSPS) is 16.4. The van der Waals surface area contributed by atoms with Crippen molar-refractivity contribution in [2.24, 2.45) is 0 Å². The fraction of sp³-hybridized carbons (Fsp3) is 0.333. The molecule has 0 aliphatic carbocycles. The van der Waals surface area contributed by atoms with Crippen molar-refractivity contribution in [3.63, 3.8) is 0 Å². The summed E-state index contributed by atoms with van der Waals surface area (Å²) in [4.78, 5) is 22.2. The van der Waals surface area contributed by atoms with Gasteiger partial charge in [-0.15, -0.1) is 0 Å². The highest BCUT2D eigenvalue weighted by Gasteiger charge is 2.33. The van der Waals surface area contributed by atoms with Gasteiger partial charge in [0.1, 0.15) is 5.65 Å². The lowest BCUT2D eigenvalue weighted by atomic mass is 9.90. The summed E-state index contributed by atoms with van der Waals surface area (Å²) in [6.07, 6.45) is -0.922. The first-order chi connectivity index (χ1) is 19.3. The Kier molecular flexibility index (Phi) is 6.87. The van der Waals surface area contributed by atoms with Gasteiger partial charge in [0.25, 0.3) is 0 Å². The van der Waals surface area contributed by atoms with Gasteiger partial charge in [0.15, 0.2) is 11.5 Å². The van der Waals surface area contributed by atoms with Gasteiger partial charge in [0.2, 0.25) is 12.7 Å². The Bertz CT molecular complexity index is 1540. The smallest absolute Gasteiger partial charge is 0.416 e. The molecule has 6 rings (SSSR count). The first-order valence-corrected chi connectivity index (χ1v) is 13.2. The summed E-state index contributed by atoms with van der Waals surface area (Å²) < 4.78 is 53.5. The van der Waals surface area contributed by atoms with Crippen LogP contribution in [0.3, 0.4) is 0 Å². The first kappa shape index (κ1) is 26.2. The number of alkyl halides is 3. The van der Waals surface area contributed by atoms with E-state index in [0.29, 0.717) is 37.4 Å². The number of aromatic nitrogens is 2. The summed E-state index contributed by atoms with van der Waals surface area (Å²) in [6, 6.07) is 15.0. The summed E-state index contributed by atoms with van der Waals surface area (Å²) in [5.41, 5.74) is 3.17. The summed E-state index contributed by atoms with van der Waals surface area (Å²) in [5, 5.41) is 0. The zero-order valence-corrected chi connectivity index (χ0v) is 22.0. The molecule has 1 fully saturated rings. The number of fused-ring (bicyclic) bond motifs is 2. The van der Waals surface area contributed by atoms with Crippen LogP contribution >= 0.6 is 0 Å². The Morgan fingerprint density at radius 1 is 1.00 bits per heavy atom. The minimum absolute atomic E-state index is 0.0468. The molecule has 2 aromatic heterocycles. The van der Waals surface area contributed by atoms with E-state index >= 15 is 0 Å². The minimum atomic E-state index is -4.48. The molecule has 0 N–H and O–H groups in total. The summed E-state index contributed by atoms with van der Waals surface area (Å²) in [6.45, 7) is 5.38. The standard InChI is InChI=1S/C30H29F3N4O3/c1-20-4-3-9-37-25(17-34-29(20)37)24(22-5-2-6-23(15-22)30(31,32)33)16-28(38)36-12-10-35(11-13-36)18-21-7-8-26-27(14-21)40-19-39-26/h2-9,14-15,17,24H,10-13,16,18-19H2,1H3. The van der Waals surface area contributed by atoms with Crippen molar-refractivity contribution in [2.45, 2.75) is 32.0 Å². The van der Waals surface area contributed by atoms with E-state index in [1.807, 2.05) is 52.8 Å². The molecule has 40 heavy (non-hydrogen) atoms. The lowest BCUT2D eigenvalue weighted by Crippen LogP contribution is -2.48. The summed E-state index contributed by atoms with van der Waals surface area (Å²) in [7, 11) is 0. The number of benzene rings is 2. The molecule has 10 heteroatoms. The van der Waals surface area contributed by atoms with Gasteiger partial charge in [-0.3, -0.25) is 9.69 Å². The number of hydrogen-bond donors (Lipinski definition) is 0. The van der Waals surface area contributed by atoms with E-state index < -0.39 is 17.7 Å². The van der Waals surface area contributed by atoms with E-state index in [0.717, 1.165) is 47.0 Å². The van der Waals surface area contributed by atoms with Crippen molar-refractivity contribution in [3.8, 4) is 11.5 Å². The highest BCUT2D eigenvalue weighted by atomic mass is 19.4. The van der Waals surface area contributed by atoms with Gasteiger partial charge in [0, 0.05) is 57.5 Å². The number of halogens is 3. The molecule has 208 valence electrons. The third kappa shape index (κ3) is 5.23. The van der Waals surface area contributed by atoms with Crippen LogP contribution in [0, 0.1) is 6.92 Å². The van der Waals surface area contributed by atoms with Gasteiger partial charge in [-0.1, -0.05) is 30.3 Å². The molecule has 1 amide bonds. The van der Waals surface area contributed by atoms with Gasteiger partial charge in [0.05, 0.1) is 11.3 Å². The van der Waals surface area contributed by atoms with E-state index in [1.165, 1.54) is 6.07 Å². The Hall–Kier alpha value is -4.05. The van der Waals surface area contributed by atoms with Gasteiger partial charge in [-0.2, -0.15) is 13.2 Å². The highest BCUT2D eigenvalue weighted by Crippen LogP contribution is 2.36. The van der Waals surface area contributed by atoms with Crippen LogP contribution in [0.5, 0.6) is 11.5 Å². The Morgan fingerprint density at radius 2 is 1.80 bits per heavy atom. The number of piperazine rings is 1. The monoisotopic (exact) mass is 550 g/mol. The van der Waals surface area contributed by atoms with Crippen LogP contribution in [0.2, 0.25) is 0 Å². The Morgan fingerprint density at radius 3 is 2.60 bits per heavy atom. The third-order valence-corrected chi connectivity index (χ3v) is 7.68. The second-order valence-electron chi connectivity index (χ2n) is 10.3. The predicted octanol–water partition coefficient (Wildman–Crippen LogP) is 5.26. The number of carbonyl (C=O) groups excluding carboxylic acids is 1. The number of pyridine rings is 1. The molecular weight excluding hydrogens is 521 g/mol. The number of rotatable bonds is 6. The zero-order valence-electron chi connectivity index (χ0n) is 22.0. The molecular formula is C30H29F3N4O3. The molecule has 0 radical (unpaired) electrons. The van der Waals surface area contributed by atoms with Gasteiger partial charge >= 0.3 is 6.18 Å². The van der Waals surface area contributed by atoms with Crippen LogP contribution in [0.1, 0.15) is 40.3 Å². The summed E-state index contributed by atoms with van der Waals surface area (Å²) >= 11 is 0. The molecule has 0 spiro atoms. The molecule has 2 aliphatic heterocycles. The molecule has 1 saturated heterocycles. The van der Waals surface area contributed by atoms with Gasteiger partial charge < -0.3 is 18.8 Å². The molecule has 2 aliphatic rings. The molecule has 4 aromatic rings. The van der Waals surface area contributed by atoms with Crippen molar-refractivity contribution in [1.29, 1.82) is 0 Å². The van der Waals surface area contributed by atoms with Gasteiger partial charge in [-0.05, 0) is 47.9 Å². The number of aryl methyl sites for hydroxylation is 1. The lowest BCUT2D eigenvalue weighted by Gasteiger charge is -2.35. The zero-order chi connectivity index (χ0) is 27.9. The number of hydrogen-bond acceptors (Lipinski definition) is 5. The lowest BCUT2D eigenvalue weighted by molar-refractivity contribution is -0.137. The molecule has 2 aromatic carbocycles. The molecule has 1 atom stereocenters. The van der Waals surface area contributed by atoms with Crippen LogP contribution in [0.25, 0.3) is 5.65 Å². The van der Waals surface area contributed by atoms with E-state index in [4.69, 9.17) is 9.47 Å². The molecule has 0 saturated carbocycles. The predicted molar refractivity (Wildman–Crippen MR) is 142 cm³/mol. The van der Waals surface area contributed by atoms with Crippen molar-refractivity contribution >= 4 is 11.6 Å². The average molecular weight is 551 g/mol. The van der Waals surface area contributed by atoms with Crippen LogP contribution in [0.4, 0.5) is 13.2 Å². The van der Waals surface area contributed by atoms with Crippen molar-refractivity contribution < 1.29 is 27.4 Å². The van der Waals surface area contributed by atoms with E-state index in [2.05, 4.69) is 9.88 Å². The number of carbonyl (C=O) groups is 1. The maximum Gasteiger partial charge on any atom is 0.416 e. The van der Waals surface area contributed by atoms with E-state index in [1.54, 1.807) is 12.3 Å². The van der Waals surface area contributed by atoms with E-state index in [-0.39, 0.29) is 19.1 Å². The fourth-order valence-electron chi connectivity index (χ4n) is 5.51. The second-order valence-corrected chi connectivity index (χ2v) is 10.3. The molecule has 0 bridgehead atoms. The van der Waals surface area contributed by atoms with Gasteiger partial charge in [-0.25, -0.2) is 4.98 Å². The maximum absolute atomic E-state index is 13.6. The van der Waals surface area contributed by atoms with E-state index in [9.17, 15) is 18.0 Å². The van der Waals surface area contributed by atoms with Crippen LogP contribution in [0.15, 0.2) is 67.0 Å². The van der Waals surface area contributed by atoms with Crippen molar-refractivity contribution in [3.05, 3.63) is 94.9 Å². The van der Waals surface area contributed by atoms with Crippen LogP contribution < -0.4 is 9.47 Å². The maximum atomic E-state index is 13.6. The average Bonchev–Trinajstić information content (AvgIpc) is 3.59. The van der Waals surface area contributed by atoms with Crippen molar-refractivity contribution in [2.75, 3.05) is 33.0 Å². The number of ether oxygens (including phenoxy) is 2. The Balaban J connectivity index is 1.19. The fourth-order valence-corrected chi connectivity index (χ4v) is 5.51. The SMILES string of the molecule is Cc1cccn2c(C(CC(=O)N3CCN(Cc4ccc5c(c4)OCO5)CC3)c3cccc(C(F)(F)F)c3)cnc12. The number of amides is 1. The summed E-state index contributed by atoms with van der Waals surface area (Å²) in [5.74, 6) is 0.816. The Labute approximate surface area is 229 Å². The molecule has 4 heterocycles. The molecule has 1 unspecified atom stereocenters. The van der Waals surface area contributed by atoms with Crippen LogP contribution in [-0.4, -0.2) is 58.1 Å². The number of nitrogens with zero attached hydrogens (tertiary/aromatic N) is 4. The van der Waals surface area contributed by atoms with Crippen LogP contribution in [-0.2, 0) is 17.5 Å². The largest absolute Gasteiger partial charge is 0.454 e. The number of imidazole rings is 1. The quantitative estimate of drug-likeness (QED) is 0.328. The topological polar surface area (TPSA) is 59.3 Å². The van der Waals surface area contributed by atoms with Crippen molar-refractivity contribution in [1.82, 2.24) is 19.2 Å². The highest BCUT2D eigenvalue weighted by molar-refractivity contribution is 5.78. The third-order valence-electron chi connectivity index (χ3n) is 7.68. The second kappa shape index (κ2) is 10.5. The first-order valence-electron chi connectivity index (χ1n) is 13.2. The molecule has 7 nitrogen and oxygen atoms in total.